The van der Waals surface area contributed by atoms with E-state index in [1.165, 1.54) is 0 Å². The van der Waals surface area contributed by atoms with Gasteiger partial charge in [0.2, 0.25) is 0 Å². The van der Waals surface area contributed by atoms with Gasteiger partial charge in [0.05, 0.1) is 10.9 Å². The van der Waals surface area contributed by atoms with Gasteiger partial charge in [0.1, 0.15) is 0 Å². The molecule has 1 aromatic heterocycles. The molecule has 3 unspecified atom stereocenters. The van der Waals surface area contributed by atoms with Crippen LogP contribution >= 0.6 is 11.3 Å². The number of aromatic nitrogens is 1. The largest absolute Gasteiger partial charge is 0.391 e. The van der Waals surface area contributed by atoms with Gasteiger partial charge in [-0.05, 0) is 19.3 Å². The number of halogens is 3. The van der Waals surface area contributed by atoms with Crippen molar-refractivity contribution in [3.63, 3.8) is 0 Å². The minimum atomic E-state index is -4.04. The fourth-order valence-corrected chi connectivity index (χ4v) is 3.28. The first kappa shape index (κ1) is 14.8. The van der Waals surface area contributed by atoms with Gasteiger partial charge < -0.3 is 5.32 Å². The van der Waals surface area contributed by atoms with Gasteiger partial charge in [0, 0.05) is 30.1 Å². The van der Waals surface area contributed by atoms with Crippen molar-refractivity contribution >= 4 is 11.3 Å². The van der Waals surface area contributed by atoms with Crippen molar-refractivity contribution in [3.8, 4) is 0 Å². The molecule has 1 heterocycles. The van der Waals surface area contributed by atoms with E-state index in [1.807, 2.05) is 5.38 Å². The van der Waals surface area contributed by atoms with Gasteiger partial charge >= 0.3 is 6.18 Å². The number of nitrogens with one attached hydrogen (secondary N) is 1. The van der Waals surface area contributed by atoms with Crippen LogP contribution in [-0.2, 0) is 0 Å². The first-order valence-electron chi connectivity index (χ1n) is 6.66. The quantitative estimate of drug-likeness (QED) is 0.908. The molecule has 6 heteroatoms. The van der Waals surface area contributed by atoms with Crippen molar-refractivity contribution in [3.05, 3.63) is 16.6 Å². The molecule has 0 bridgehead atoms. The fraction of sp³-hybridized carbons (Fsp3) is 0.769. The molecule has 1 aliphatic carbocycles. The molecule has 0 aromatic carbocycles. The molecule has 1 aromatic rings. The van der Waals surface area contributed by atoms with Gasteiger partial charge in [0.25, 0.3) is 0 Å². The van der Waals surface area contributed by atoms with E-state index in [9.17, 15) is 13.2 Å². The van der Waals surface area contributed by atoms with Crippen LogP contribution in [0.15, 0.2) is 11.6 Å². The Morgan fingerprint density at radius 3 is 2.89 bits per heavy atom. The third-order valence-electron chi connectivity index (χ3n) is 3.72. The maximum absolute atomic E-state index is 12.7. The highest BCUT2D eigenvalue weighted by atomic mass is 32.1. The minimum absolute atomic E-state index is 0.0113. The molecule has 1 saturated carbocycles. The third-order valence-corrected chi connectivity index (χ3v) is 4.73. The minimum Gasteiger partial charge on any atom is -0.313 e. The Morgan fingerprint density at radius 1 is 1.47 bits per heavy atom. The first-order chi connectivity index (χ1) is 8.97. The number of hydrogen-bond donors (Lipinski definition) is 1. The molecule has 2 nitrogen and oxygen atoms in total. The Hall–Kier alpha value is -0.620. The normalized spacial score (nSPS) is 26.3. The van der Waals surface area contributed by atoms with Crippen LogP contribution in [0.1, 0.15) is 43.5 Å². The van der Waals surface area contributed by atoms with E-state index in [-0.39, 0.29) is 24.8 Å². The average molecular weight is 292 g/mol. The SMILES string of the molecule is CC(CNC1CCCC(C(F)(F)F)C1)c1nccs1. The molecular formula is C13H19F3N2S. The second-order valence-corrected chi connectivity index (χ2v) is 6.21. The molecular weight excluding hydrogens is 273 g/mol. The van der Waals surface area contributed by atoms with Crippen molar-refractivity contribution in [2.45, 2.75) is 50.7 Å². The van der Waals surface area contributed by atoms with Gasteiger partial charge in [0.15, 0.2) is 0 Å². The topological polar surface area (TPSA) is 24.9 Å². The second-order valence-electron chi connectivity index (χ2n) is 5.28. The Kier molecular flexibility index (Phi) is 4.84. The highest BCUT2D eigenvalue weighted by Gasteiger charge is 2.42. The maximum atomic E-state index is 12.7. The van der Waals surface area contributed by atoms with Crippen LogP contribution in [0.4, 0.5) is 13.2 Å². The van der Waals surface area contributed by atoms with Crippen LogP contribution in [0.2, 0.25) is 0 Å². The van der Waals surface area contributed by atoms with E-state index in [2.05, 4.69) is 17.2 Å². The summed E-state index contributed by atoms with van der Waals surface area (Å²) < 4.78 is 38.1. The van der Waals surface area contributed by atoms with Gasteiger partial charge in [-0.15, -0.1) is 11.3 Å². The van der Waals surface area contributed by atoms with Gasteiger partial charge in [-0.2, -0.15) is 13.2 Å². The lowest BCUT2D eigenvalue weighted by molar-refractivity contribution is -0.183. The molecule has 0 aliphatic heterocycles. The lowest BCUT2D eigenvalue weighted by atomic mass is 9.85. The summed E-state index contributed by atoms with van der Waals surface area (Å²) in [7, 11) is 0. The van der Waals surface area contributed by atoms with Crippen LogP contribution in [0.25, 0.3) is 0 Å². The zero-order chi connectivity index (χ0) is 13.9. The summed E-state index contributed by atoms with van der Waals surface area (Å²) in [5, 5.41) is 6.24. The molecule has 0 spiro atoms. The highest BCUT2D eigenvalue weighted by Crippen LogP contribution is 2.37. The molecule has 1 fully saturated rings. The van der Waals surface area contributed by atoms with Crippen LogP contribution in [0, 0.1) is 5.92 Å². The molecule has 2 rings (SSSR count). The smallest absolute Gasteiger partial charge is 0.313 e. The van der Waals surface area contributed by atoms with Crippen molar-refractivity contribution in [1.29, 1.82) is 0 Å². The molecule has 1 N–H and O–H groups in total. The summed E-state index contributed by atoms with van der Waals surface area (Å²) in [6.07, 6.45) is -0.277. The zero-order valence-corrected chi connectivity index (χ0v) is 11.7. The van der Waals surface area contributed by atoms with Crippen LogP contribution in [0.3, 0.4) is 0 Å². The molecule has 0 saturated heterocycles. The summed E-state index contributed by atoms with van der Waals surface area (Å²) in [6, 6.07) is -0.0113. The maximum Gasteiger partial charge on any atom is 0.391 e. The van der Waals surface area contributed by atoms with Crippen molar-refractivity contribution in [2.75, 3.05) is 6.54 Å². The number of rotatable bonds is 4. The second kappa shape index (κ2) is 6.22. The predicted molar refractivity (Wildman–Crippen MR) is 70.3 cm³/mol. The van der Waals surface area contributed by atoms with E-state index in [0.717, 1.165) is 11.4 Å². The van der Waals surface area contributed by atoms with Gasteiger partial charge in [-0.1, -0.05) is 13.3 Å². The molecule has 0 amide bonds. The van der Waals surface area contributed by atoms with E-state index >= 15 is 0 Å². The summed E-state index contributed by atoms with van der Waals surface area (Å²) in [5.41, 5.74) is 0. The Labute approximate surface area is 115 Å². The van der Waals surface area contributed by atoms with Crippen LogP contribution in [-0.4, -0.2) is 23.7 Å². The fourth-order valence-electron chi connectivity index (χ4n) is 2.58. The van der Waals surface area contributed by atoms with E-state index in [1.54, 1.807) is 17.5 Å². The summed E-state index contributed by atoms with van der Waals surface area (Å²) in [6.45, 7) is 2.75. The lowest BCUT2D eigenvalue weighted by Crippen LogP contribution is -2.40. The standard InChI is InChI=1S/C13H19F3N2S/c1-9(12-17-5-6-19-12)8-18-11-4-2-3-10(7-11)13(14,15)16/h5-6,9-11,18H,2-4,7-8H2,1H3. The number of thiazole rings is 1. The average Bonchev–Trinajstić information content (AvgIpc) is 2.89. The highest BCUT2D eigenvalue weighted by molar-refractivity contribution is 7.09. The van der Waals surface area contributed by atoms with Crippen molar-refractivity contribution in [2.24, 2.45) is 5.92 Å². The Morgan fingerprint density at radius 2 is 2.26 bits per heavy atom. The number of hydrogen-bond acceptors (Lipinski definition) is 3. The van der Waals surface area contributed by atoms with Gasteiger partial charge in [-0.25, -0.2) is 4.98 Å². The van der Waals surface area contributed by atoms with Crippen LogP contribution in [0.5, 0.6) is 0 Å². The molecule has 108 valence electrons. The monoisotopic (exact) mass is 292 g/mol. The Balaban J connectivity index is 1.80. The van der Waals surface area contributed by atoms with Crippen LogP contribution < -0.4 is 5.32 Å². The summed E-state index contributed by atoms with van der Waals surface area (Å²) in [4.78, 5) is 4.23. The van der Waals surface area contributed by atoms with E-state index < -0.39 is 12.1 Å². The lowest BCUT2D eigenvalue weighted by Gasteiger charge is -2.31. The third kappa shape index (κ3) is 4.18. The van der Waals surface area contributed by atoms with E-state index in [0.29, 0.717) is 13.0 Å². The molecule has 1 aliphatic rings. The predicted octanol–water partition coefficient (Wildman–Crippen LogP) is 3.96. The van der Waals surface area contributed by atoms with Gasteiger partial charge in [-0.3, -0.25) is 0 Å². The summed E-state index contributed by atoms with van der Waals surface area (Å²) in [5.74, 6) is -0.875. The first-order valence-corrected chi connectivity index (χ1v) is 7.54. The zero-order valence-electron chi connectivity index (χ0n) is 10.9. The molecule has 3 atom stereocenters. The molecule has 0 radical (unpaired) electrons. The Bertz CT molecular complexity index is 378. The van der Waals surface area contributed by atoms with Crippen molar-refractivity contribution < 1.29 is 13.2 Å². The number of alkyl halides is 3. The molecule has 19 heavy (non-hydrogen) atoms. The van der Waals surface area contributed by atoms with Crippen molar-refractivity contribution in [1.82, 2.24) is 10.3 Å². The summed E-state index contributed by atoms with van der Waals surface area (Å²) >= 11 is 1.59. The number of nitrogens with zero attached hydrogens (tertiary/aromatic N) is 1. The van der Waals surface area contributed by atoms with E-state index in [4.69, 9.17) is 0 Å².